The Hall–Kier alpha value is -3.19. The number of nitrogens with one attached hydrogen (secondary N) is 2. The highest BCUT2D eigenvalue weighted by Crippen LogP contribution is 2.18. The maximum atomic E-state index is 12.5. The largest absolute Gasteiger partial charge is 0.343 e. The number of carbonyl (C=O) groups excluding carboxylic acids is 3. The van der Waals surface area contributed by atoms with E-state index in [-0.39, 0.29) is 24.3 Å². The fourth-order valence-corrected chi connectivity index (χ4v) is 3.63. The Kier molecular flexibility index (Phi) is 7.41. The van der Waals surface area contributed by atoms with Gasteiger partial charge in [0.2, 0.25) is 11.8 Å². The number of piperazine rings is 1. The van der Waals surface area contributed by atoms with Crippen LogP contribution in [0, 0.1) is 20.8 Å². The van der Waals surface area contributed by atoms with Crippen LogP contribution >= 0.6 is 0 Å². The van der Waals surface area contributed by atoms with Gasteiger partial charge in [-0.05, 0) is 49.6 Å². The molecule has 2 aromatic carbocycles. The Morgan fingerprint density at radius 2 is 1.55 bits per heavy atom. The summed E-state index contributed by atoms with van der Waals surface area (Å²) in [5.41, 5.74) is 4.50. The molecule has 0 bridgehead atoms. The lowest BCUT2D eigenvalue weighted by Crippen LogP contribution is -2.52. The molecule has 1 saturated heterocycles. The van der Waals surface area contributed by atoms with E-state index in [0.717, 1.165) is 22.4 Å². The number of anilines is 1. The van der Waals surface area contributed by atoms with Gasteiger partial charge in [0.1, 0.15) is 0 Å². The second-order valence-electron chi connectivity index (χ2n) is 7.95. The van der Waals surface area contributed by atoms with Gasteiger partial charge in [0.25, 0.3) is 5.91 Å². The van der Waals surface area contributed by atoms with Crippen molar-refractivity contribution in [2.45, 2.75) is 20.8 Å². The highest BCUT2D eigenvalue weighted by atomic mass is 16.2. The molecule has 1 aliphatic heterocycles. The van der Waals surface area contributed by atoms with Crippen LogP contribution in [0.5, 0.6) is 0 Å². The molecule has 1 heterocycles. The lowest BCUT2D eigenvalue weighted by atomic mass is 10.1. The normalized spacial score (nSPS) is 14.2. The second-order valence-corrected chi connectivity index (χ2v) is 7.95. The number of aryl methyl sites for hydroxylation is 2. The fourth-order valence-electron chi connectivity index (χ4n) is 3.63. The van der Waals surface area contributed by atoms with Crippen molar-refractivity contribution >= 4 is 23.4 Å². The van der Waals surface area contributed by atoms with Crippen molar-refractivity contribution < 1.29 is 14.4 Å². The molecular formula is C24H30N4O3. The van der Waals surface area contributed by atoms with Gasteiger partial charge in [-0.25, -0.2) is 0 Å². The number of benzene rings is 2. The predicted octanol–water partition coefficient (Wildman–Crippen LogP) is 2.12. The zero-order chi connectivity index (χ0) is 22.4. The maximum Gasteiger partial charge on any atom is 0.251 e. The van der Waals surface area contributed by atoms with Gasteiger partial charge in [0.05, 0.1) is 13.1 Å². The van der Waals surface area contributed by atoms with Gasteiger partial charge in [-0.2, -0.15) is 0 Å². The van der Waals surface area contributed by atoms with Crippen molar-refractivity contribution in [3.05, 3.63) is 64.7 Å². The third kappa shape index (κ3) is 5.92. The van der Waals surface area contributed by atoms with Crippen molar-refractivity contribution in [2.24, 2.45) is 0 Å². The lowest BCUT2D eigenvalue weighted by Gasteiger charge is -2.34. The van der Waals surface area contributed by atoms with Crippen molar-refractivity contribution in [2.75, 3.05) is 44.6 Å². The van der Waals surface area contributed by atoms with Crippen LogP contribution in [0.3, 0.4) is 0 Å². The standard InChI is InChI=1S/C24H30N4O3/c1-17-8-6-10-21(19(17)3)26-22(29)16-27-11-13-28(14-12-27)23(30)15-25-24(31)20-9-5-4-7-18(20)2/h4-10H,11-16H2,1-3H3,(H,25,31)(H,26,29). The minimum absolute atomic E-state index is 0.0275. The van der Waals surface area contributed by atoms with Gasteiger partial charge in [-0.15, -0.1) is 0 Å². The molecule has 0 unspecified atom stereocenters. The molecular weight excluding hydrogens is 392 g/mol. The summed E-state index contributed by atoms with van der Waals surface area (Å²) in [6.45, 7) is 8.46. The molecule has 3 rings (SSSR count). The lowest BCUT2D eigenvalue weighted by molar-refractivity contribution is -0.132. The Morgan fingerprint density at radius 1 is 0.871 bits per heavy atom. The van der Waals surface area contributed by atoms with Crippen LogP contribution in [-0.4, -0.2) is 66.8 Å². The van der Waals surface area contributed by atoms with E-state index >= 15 is 0 Å². The molecule has 2 aromatic rings. The number of carbonyl (C=O) groups is 3. The predicted molar refractivity (Wildman–Crippen MR) is 121 cm³/mol. The molecule has 1 aliphatic rings. The number of amides is 3. The third-order valence-corrected chi connectivity index (χ3v) is 5.76. The number of hydrogen-bond acceptors (Lipinski definition) is 4. The second kappa shape index (κ2) is 10.2. The summed E-state index contributed by atoms with van der Waals surface area (Å²) < 4.78 is 0. The first-order valence-electron chi connectivity index (χ1n) is 10.5. The number of nitrogens with zero attached hydrogens (tertiary/aromatic N) is 2. The Bertz CT molecular complexity index is 965. The molecule has 0 saturated carbocycles. The average molecular weight is 423 g/mol. The zero-order valence-corrected chi connectivity index (χ0v) is 18.4. The molecule has 0 aliphatic carbocycles. The molecule has 0 aromatic heterocycles. The molecule has 3 amide bonds. The zero-order valence-electron chi connectivity index (χ0n) is 18.4. The van der Waals surface area contributed by atoms with E-state index < -0.39 is 0 Å². The monoisotopic (exact) mass is 422 g/mol. The van der Waals surface area contributed by atoms with Gasteiger partial charge >= 0.3 is 0 Å². The summed E-state index contributed by atoms with van der Waals surface area (Å²) in [4.78, 5) is 40.9. The van der Waals surface area contributed by atoms with Gasteiger partial charge in [-0.1, -0.05) is 30.3 Å². The van der Waals surface area contributed by atoms with Crippen molar-refractivity contribution in [3.8, 4) is 0 Å². The van der Waals surface area contributed by atoms with Gasteiger partial charge in [0, 0.05) is 37.4 Å². The van der Waals surface area contributed by atoms with Crippen LogP contribution in [0.25, 0.3) is 0 Å². The van der Waals surface area contributed by atoms with E-state index in [0.29, 0.717) is 38.3 Å². The van der Waals surface area contributed by atoms with E-state index in [1.807, 2.05) is 56.0 Å². The molecule has 0 radical (unpaired) electrons. The minimum Gasteiger partial charge on any atom is -0.343 e. The molecule has 31 heavy (non-hydrogen) atoms. The van der Waals surface area contributed by atoms with Gasteiger partial charge in [-0.3, -0.25) is 19.3 Å². The van der Waals surface area contributed by atoms with Crippen LogP contribution in [0.4, 0.5) is 5.69 Å². The molecule has 2 N–H and O–H groups in total. The van der Waals surface area contributed by atoms with Crippen molar-refractivity contribution in [1.29, 1.82) is 0 Å². The van der Waals surface area contributed by atoms with Gasteiger partial charge < -0.3 is 15.5 Å². The van der Waals surface area contributed by atoms with Crippen LogP contribution in [0.2, 0.25) is 0 Å². The summed E-state index contributed by atoms with van der Waals surface area (Å²) >= 11 is 0. The number of hydrogen-bond donors (Lipinski definition) is 2. The first-order valence-corrected chi connectivity index (χ1v) is 10.5. The topological polar surface area (TPSA) is 81.8 Å². The SMILES string of the molecule is Cc1ccccc1C(=O)NCC(=O)N1CCN(CC(=O)Nc2cccc(C)c2C)CC1. The highest BCUT2D eigenvalue weighted by molar-refractivity contribution is 5.97. The maximum absolute atomic E-state index is 12.5. The quantitative estimate of drug-likeness (QED) is 0.747. The van der Waals surface area contributed by atoms with E-state index in [4.69, 9.17) is 0 Å². The molecule has 164 valence electrons. The summed E-state index contributed by atoms with van der Waals surface area (Å²) in [6.07, 6.45) is 0. The Balaban J connectivity index is 1.42. The van der Waals surface area contributed by atoms with Crippen molar-refractivity contribution in [3.63, 3.8) is 0 Å². The minimum atomic E-state index is -0.242. The summed E-state index contributed by atoms with van der Waals surface area (Å²) in [5.74, 6) is -0.409. The van der Waals surface area contributed by atoms with Crippen LogP contribution < -0.4 is 10.6 Å². The first kappa shape index (κ1) is 22.5. The van der Waals surface area contributed by atoms with E-state index in [1.54, 1.807) is 17.0 Å². The fraction of sp³-hybridized carbons (Fsp3) is 0.375. The van der Waals surface area contributed by atoms with E-state index in [9.17, 15) is 14.4 Å². The molecule has 1 fully saturated rings. The highest BCUT2D eigenvalue weighted by Gasteiger charge is 2.23. The van der Waals surface area contributed by atoms with Crippen LogP contribution in [-0.2, 0) is 9.59 Å². The van der Waals surface area contributed by atoms with E-state index in [2.05, 4.69) is 10.6 Å². The number of rotatable bonds is 6. The summed E-state index contributed by atoms with van der Waals surface area (Å²) in [5, 5.41) is 5.69. The van der Waals surface area contributed by atoms with E-state index in [1.165, 1.54) is 0 Å². The summed E-state index contributed by atoms with van der Waals surface area (Å²) in [7, 11) is 0. The molecule has 0 spiro atoms. The third-order valence-electron chi connectivity index (χ3n) is 5.76. The Labute approximate surface area is 183 Å². The summed E-state index contributed by atoms with van der Waals surface area (Å²) in [6, 6.07) is 13.1. The molecule has 7 heteroatoms. The van der Waals surface area contributed by atoms with Gasteiger partial charge in [0.15, 0.2) is 0 Å². The first-order chi connectivity index (χ1) is 14.8. The smallest absolute Gasteiger partial charge is 0.251 e. The molecule has 0 atom stereocenters. The van der Waals surface area contributed by atoms with Crippen LogP contribution in [0.1, 0.15) is 27.0 Å². The average Bonchev–Trinajstić information content (AvgIpc) is 2.76. The Morgan fingerprint density at radius 3 is 2.26 bits per heavy atom. The molecule has 7 nitrogen and oxygen atoms in total. The van der Waals surface area contributed by atoms with Crippen LogP contribution in [0.15, 0.2) is 42.5 Å². The van der Waals surface area contributed by atoms with Crippen molar-refractivity contribution in [1.82, 2.24) is 15.1 Å².